The predicted molar refractivity (Wildman–Crippen MR) is 172 cm³/mol. The van der Waals surface area contributed by atoms with E-state index in [4.69, 9.17) is 26.2 Å². The summed E-state index contributed by atoms with van der Waals surface area (Å²) in [4.78, 5) is 20.0. The number of aromatic nitrogens is 4. The number of ether oxygens (including phenoxy) is 2. The van der Waals surface area contributed by atoms with Gasteiger partial charge < -0.3 is 14.5 Å². The third kappa shape index (κ3) is 6.09. The van der Waals surface area contributed by atoms with Crippen molar-refractivity contribution in [1.82, 2.24) is 19.7 Å². The van der Waals surface area contributed by atoms with E-state index in [1.807, 2.05) is 85.9 Å². The first-order chi connectivity index (χ1) is 21.5. The monoisotopic (exact) mass is 599 g/mol. The van der Waals surface area contributed by atoms with Crippen molar-refractivity contribution in [3.8, 4) is 34.5 Å². The van der Waals surface area contributed by atoms with E-state index in [0.717, 1.165) is 16.8 Å². The van der Waals surface area contributed by atoms with Gasteiger partial charge in [-0.05, 0) is 79.2 Å². The van der Waals surface area contributed by atoms with Crippen molar-refractivity contribution >= 4 is 34.2 Å². The number of halogens is 1. The van der Waals surface area contributed by atoms with Crippen LogP contribution in [0.1, 0.15) is 23.9 Å². The number of aromatic amines is 1. The van der Waals surface area contributed by atoms with E-state index in [1.54, 1.807) is 35.0 Å². The van der Waals surface area contributed by atoms with Crippen LogP contribution in [0.3, 0.4) is 0 Å². The van der Waals surface area contributed by atoms with Gasteiger partial charge in [-0.2, -0.15) is 10.4 Å². The molecule has 0 saturated carbocycles. The van der Waals surface area contributed by atoms with Crippen molar-refractivity contribution in [2.24, 2.45) is 0 Å². The van der Waals surface area contributed by atoms with Crippen LogP contribution >= 0.6 is 11.6 Å². The number of allylic oxidation sites excluding steroid dienone is 1. The largest absolute Gasteiger partial charge is 0.492 e. The minimum Gasteiger partial charge on any atom is -0.492 e. The van der Waals surface area contributed by atoms with Gasteiger partial charge in [0.05, 0.1) is 39.5 Å². The van der Waals surface area contributed by atoms with Crippen molar-refractivity contribution < 1.29 is 9.47 Å². The molecule has 1 N–H and O–H groups in total. The number of H-pyrrole nitrogens is 1. The minimum atomic E-state index is -0.310. The molecule has 2 heterocycles. The molecule has 0 aliphatic rings. The summed E-state index contributed by atoms with van der Waals surface area (Å²) in [6, 6.07) is 32.1. The summed E-state index contributed by atoms with van der Waals surface area (Å²) in [5.74, 6) is 1.51. The lowest BCUT2D eigenvalue weighted by atomic mass is 10.1. The van der Waals surface area contributed by atoms with Crippen LogP contribution in [0, 0.1) is 11.3 Å². The first-order valence-corrected chi connectivity index (χ1v) is 14.3. The van der Waals surface area contributed by atoms with E-state index in [2.05, 4.69) is 16.0 Å². The zero-order valence-electron chi connectivity index (χ0n) is 23.7. The fourth-order valence-corrected chi connectivity index (χ4v) is 4.99. The highest BCUT2D eigenvalue weighted by atomic mass is 35.5. The van der Waals surface area contributed by atoms with Gasteiger partial charge in [-0.1, -0.05) is 48.0 Å². The van der Waals surface area contributed by atoms with Gasteiger partial charge in [0.15, 0.2) is 5.82 Å². The van der Waals surface area contributed by atoms with Gasteiger partial charge >= 0.3 is 0 Å². The van der Waals surface area contributed by atoms with Crippen LogP contribution in [0.4, 0.5) is 0 Å². The normalized spacial score (nSPS) is 11.3. The number of para-hydroxylation sites is 2. The zero-order chi connectivity index (χ0) is 30.5. The molecule has 0 atom stereocenters. The predicted octanol–water partition coefficient (Wildman–Crippen LogP) is 7.47. The van der Waals surface area contributed by atoms with Crippen LogP contribution in [-0.4, -0.2) is 26.4 Å². The molecule has 2 aromatic heterocycles. The Bertz CT molecular complexity index is 2080. The molecule has 0 spiro atoms. The Balaban J connectivity index is 1.32. The quantitative estimate of drug-likeness (QED) is 0.173. The second-order valence-electron chi connectivity index (χ2n) is 9.83. The highest BCUT2D eigenvalue weighted by Crippen LogP contribution is 2.30. The third-order valence-corrected chi connectivity index (χ3v) is 7.18. The number of nitrogens with one attached hydrogen (secondary N) is 1. The molecule has 9 heteroatoms. The molecule has 216 valence electrons. The summed E-state index contributed by atoms with van der Waals surface area (Å²) in [6.45, 7) is 2.79. The van der Waals surface area contributed by atoms with Crippen LogP contribution in [0.15, 0.2) is 108 Å². The van der Waals surface area contributed by atoms with E-state index in [0.29, 0.717) is 51.9 Å². The lowest BCUT2D eigenvalue weighted by Crippen LogP contribution is -2.11. The van der Waals surface area contributed by atoms with E-state index in [1.165, 1.54) is 0 Å². The molecule has 0 unspecified atom stereocenters. The number of benzene rings is 4. The van der Waals surface area contributed by atoms with Gasteiger partial charge in [0.2, 0.25) is 0 Å². The maximum absolute atomic E-state index is 12.7. The molecule has 6 aromatic rings. The van der Waals surface area contributed by atoms with Crippen LogP contribution < -0.4 is 15.0 Å². The first kappa shape index (κ1) is 28.5. The lowest BCUT2D eigenvalue weighted by Gasteiger charge is -2.10. The maximum atomic E-state index is 12.7. The minimum absolute atomic E-state index is 0.188. The van der Waals surface area contributed by atoms with Crippen LogP contribution in [0.2, 0.25) is 5.02 Å². The average Bonchev–Trinajstić information content (AvgIpc) is 3.48. The Morgan fingerprint density at radius 3 is 2.52 bits per heavy atom. The molecule has 0 radical (unpaired) electrons. The molecule has 0 saturated heterocycles. The maximum Gasteiger partial charge on any atom is 0.259 e. The Morgan fingerprint density at radius 2 is 1.77 bits per heavy atom. The molecular formula is C35H26ClN5O3. The Labute approximate surface area is 258 Å². The molecule has 4 aromatic carbocycles. The molecule has 0 aliphatic heterocycles. The van der Waals surface area contributed by atoms with Crippen molar-refractivity contribution in [1.29, 1.82) is 5.26 Å². The number of nitriles is 1. The van der Waals surface area contributed by atoms with Gasteiger partial charge in [-0.3, -0.25) is 4.79 Å². The standard InChI is InChI=1S/C35H26ClN5O3/c1-2-43-32-17-12-23(18-30(32)36)22-44-28-15-13-24(14-16-28)33-26(21-41(40-33)27-8-4-3-5-9-27)19-25(20-37)34-38-31-11-7-6-10-29(31)35(42)39-34/h3-19,21H,2,22H2,1H3,(H,38,39,42). The number of nitrogens with zero attached hydrogens (tertiary/aromatic N) is 4. The summed E-state index contributed by atoms with van der Waals surface area (Å²) >= 11 is 6.32. The molecule has 6 rings (SSSR count). The van der Waals surface area contributed by atoms with Gasteiger partial charge in [0.1, 0.15) is 24.2 Å². The van der Waals surface area contributed by atoms with Crippen molar-refractivity contribution in [2.75, 3.05) is 6.61 Å². The van der Waals surface area contributed by atoms with Crippen molar-refractivity contribution in [3.63, 3.8) is 0 Å². The molecule has 0 aliphatic carbocycles. The molecule has 0 fully saturated rings. The first-order valence-electron chi connectivity index (χ1n) is 13.9. The smallest absolute Gasteiger partial charge is 0.259 e. The summed E-state index contributed by atoms with van der Waals surface area (Å²) < 4.78 is 13.3. The van der Waals surface area contributed by atoms with E-state index in [9.17, 15) is 10.1 Å². The molecule has 0 amide bonds. The number of rotatable bonds is 9. The number of hydrogen-bond donors (Lipinski definition) is 1. The Morgan fingerprint density at radius 1 is 1.00 bits per heavy atom. The van der Waals surface area contributed by atoms with Crippen LogP contribution in [0.25, 0.3) is 39.5 Å². The third-order valence-electron chi connectivity index (χ3n) is 6.88. The van der Waals surface area contributed by atoms with Gasteiger partial charge in [0.25, 0.3) is 5.56 Å². The van der Waals surface area contributed by atoms with Crippen molar-refractivity contribution in [3.05, 3.63) is 136 Å². The van der Waals surface area contributed by atoms with Gasteiger partial charge in [0, 0.05) is 17.3 Å². The second-order valence-corrected chi connectivity index (χ2v) is 10.2. The summed E-state index contributed by atoms with van der Waals surface area (Å²) in [5, 5.41) is 16.0. The number of fused-ring (bicyclic) bond motifs is 1. The van der Waals surface area contributed by atoms with Crippen LogP contribution in [0.5, 0.6) is 11.5 Å². The Kier molecular flexibility index (Phi) is 8.21. The highest BCUT2D eigenvalue weighted by Gasteiger charge is 2.15. The zero-order valence-corrected chi connectivity index (χ0v) is 24.5. The number of hydrogen-bond acceptors (Lipinski definition) is 6. The van der Waals surface area contributed by atoms with E-state index >= 15 is 0 Å². The molecular weight excluding hydrogens is 574 g/mol. The highest BCUT2D eigenvalue weighted by molar-refractivity contribution is 6.32. The fourth-order valence-electron chi connectivity index (χ4n) is 4.74. The molecule has 8 nitrogen and oxygen atoms in total. The van der Waals surface area contributed by atoms with Gasteiger partial charge in [-0.25, -0.2) is 9.67 Å². The summed E-state index contributed by atoms with van der Waals surface area (Å²) in [7, 11) is 0. The summed E-state index contributed by atoms with van der Waals surface area (Å²) in [5.41, 5.74) is 4.33. The molecule has 0 bridgehead atoms. The average molecular weight is 600 g/mol. The second kappa shape index (κ2) is 12.7. The fraction of sp³-hybridized carbons (Fsp3) is 0.0857. The Hall–Kier alpha value is -5.65. The SMILES string of the molecule is CCOc1ccc(COc2ccc(-c3nn(-c4ccccc4)cc3C=C(C#N)c3nc4ccccc4c(=O)[nH]3)cc2)cc1Cl. The van der Waals surface area contributed by atoms with Crippen LogP contribution in [-0.2, 0) is 6.61 Å². The van der Waals surface area contributed by atoms with Gasteiger partial charge in [-0.15, -0.1) is 0 Å². The van der Waals surface area contributed by atoms with E-state index in [-0.39, 0.29) is 17.0 Å². The summed E-state index contributed by atoms with van der Waals surface area (Å²) in [6.07, 6.45) is 3.54. The topological polar surface area (TPSA) is 106 Å². The molecule has 44 heavy (non-hydrogen) atoms. The van der Waals surface area contributed by atoms with Crippen molar-refractivity contribution in [2.45, 2.75) is 13.5 Å². The lowest BCUT2D eigenvalue weighted by molar-refractivity contribution is 0.305. The van der Waals surface area contributed by atoms with E-state index < -0.39 is 0 Å².